The molecule has 0 unspecified atom stereocenters. The van der Waals surface area contributed by atoms with Crippen LogP contribution in [0, 0.1) is 0 Å². The molecule has 0 bridgehead atoms. The van der Waals surface area contributed by atoms with Gasteiger partial charge in [-0.1, -0.05) is 0 Å². The van der Waals surface area contributed by atoms with E-state index in [9.17, 15) is 13.2 Å². The quantitative estimate of drug-likeness (QED) is 0.677. The Labute approximate surface area is 166 Å². The zero-order valence-corrected chi connectivity index (χ0v) is 15.9. The van der Waals surface area contributed by atoms with Crippen LogP contribution >= 0.6 is 0 Å². The number of pyridine rings is 1. The van der Waals surface area contributed by atoms with Gasteiger partial charge in [-0.15, -0.1) is 0 Å². The van der Waals surface area contributed by atoms with Gasteiger partial charge >= 0.3 is 6.18 Å². The molecule has 3 aromatic rings. The highest BCUT2D eigenvalue weighted by Crippen LogP contribution is 2.37. The molecule has 4 rings (SSSR count). The summed E-state index contributed by atoms with van der Waals surface area (Å²) >= 11 is 0. The average Bonchev–Trinajstić information content (AvgIpc) is 2.73. The lowest BCUT2D eigenvalue weighted by Crippen LogP contribution is -2.43. The minimum atomic E-state index is -4.50. The predicted octanol–water partition coefficient (Wildman–Crippen LogP) is 4.42. The number of anilines is 3. The second kappa shape index (κ2) is 7.79. The molecule has 1 aliphatic heterocycles. The standard InChI is InChI=1S/C21H21F3N4O/c1-29-16-6-7-19-17(12-16)18(21(22,23)24)13-20(27-19)26-14-2-4-15(5-3-14)28-10-8-25-9-11-28/h2-7,12-13,25H,8-11H2,1H3,(H,26,27). The molecule has 2 N–H and O–H groups in total. The van der Waals surface area contributed by atoms with Crippen molar-refractivity contribution in [1.29, 1.82) is 0 Å². The van der Waals surface area contributed by atoms with E-state index in [0.717, 1.165) is 37.9 Å². The van der Waals surface area contributed by atoms with E-state index in [1.165, 1.54) is 19.2 Å². The number of piperazine rings is 1. The van der Waals surface area contributed by atoms with Crippen molar-refractivity contribution in [3.05, 3.63) is 54.1 Å². The van der Waals surface area contributed by atoms with E-state index >= 15 is 0 Å². The number of ether oxygens (including phenoxy) is 1. The van der Waals surface area contributed by atoms with Gasteiger partial charge in [0.05, 0.1) is 18.2 Å². The Balaban J connectivity index is 1.63. The van der Waals surface area contributed by atoms with Crippen LogP contribution < -0.4 is 20.3 Å². The summed E-state index contributed by atoms with van der Waals surface area (Å²) in [7, 11) is 1.42. The first kappa shape index (κ1) is 19.3. The highest BCUT2D eigenvalue weighted by atomic mass is 19.4. The fourth-order valence-electron chi connectivity index (χ4n) is 3.46. The van der Waals surface area contributed by atoms with Crippen molar-refractivity contribution in [2.45, 2.75) is 6.18 Å². The summed E-state index contributed by atoms with van der Waals surface area (Å²) in [5.41, 5.74) is 1.27. The molecule has 0 saturated carbocycles. The van der Waals surface area contributed by atoms with Gasteiger partial charge in [0, 0.05) is 42.9 Å². The molecule has 1 saturated heterocycles. The van der Waals surface area contributed by atoms with Gasteiger partial charge < -0.3 is 20.3 Å². The van der Waals surface area contributed by atoms with E-state index in [0.29, 0.717) is 11.4 Å². The Hall–Kier alpha value is -3.00. The van der Waals surface area contributed by atoms with Crippen molar-refractivity contribution in [2.24, 2.45) is 0 Å². The Morgan fingerprint density at radius 2 is 1.76 bits per heavy atom. The molecule has 0 aliphatic carbocycles. The van der Waals surface area contributed by atoms with Crippen molar-refractivity contribution < 1.29 is 17.9 Å². The van der Waals surface area contributed by atoms with Crippen molar-refractivity contribution in [3.63, 3.8) is 0 Å². The van der Waals surface area contributed by atoms with Crippen LogP contribution in [-0.2, 0) is 6.18 Å². The van der Waals surface area contributed by atoms with Crippen LogP contribution in [0.1, 0.15) is 5.56 Å². The molecule has 5 nitrogen and oxygen atoms in total. The number of benzene rings is 2. The number of methoxy groups -OCH3 is 1. The molecular formula is C21H21F3N4O. The molecular weight excluding hydrogens is 381 g/mol. The van der Waals surface area contributed by atoms with Gasteiger partial charge in [-0.05, 0) is 48.5 Å². The monoisotopic (exact) mass is 402 g/mol. The molecule has 8 heteroatoms. The number of hydrogen-bond acceptors (Lipinski definition) is 5. The Morgan fingerprint density at radius 1 is 1.03 bits per heavy atom. The van der Waals surface area contributed by atoms with Gasteiger partial charge in [-0.3, -0.25) is 0 Å². The van der Waals surface area contributed by atoms with Crippen LogP contribution in [0.3, 0.4) is 0 Å². The first-order valence-corrected chi connectivity index (χ1v) is 9.33. The summed E-state index contributed by atoms with van der Waals surface area (Å²) in [5.74, 6) is 0.499. The third-order valence-corrected chi connectivity index (χ3v) is 4.94. The maximum Gasteiger partial charge on any atom is 0.417 e. The summed E-state index contributed by atoms with van der Waals surface area (Å²) in [6.07, 6.45) is -4.50. The second-order valence-electron chi connectivity index (χ2n) is 6.84. The van der Waals surface area contributed by atoms with Crippen molar-refractivity contribution in [3.8, 4) is 5.75 Å². The van der Waals surface area contributed by atoms with Gasteiger partial charge in [-0.2, -0.15) is 13.2 Å². The molecule has 29 heavy (non-hydrogen) atoms. The number of rotatable bonds is 4. The minimum Gasteiger partial charge on any atom is -0.497 e. The number of nitrogens with one attached hydrogen (secondary N) is 2. The van der Waals surface area contributed by atoms with Gasteiger partial charge in [0.15, 0.2) is 0 Å². The van der Waals surface area contributed by atoms with Crippen molar-refractivity contribution in [2.75, 3.05) is 43.5 Å². The molecule has 1 aromatic heterocycles. The van der Waals surface area contributed by atoms with Gasteiger partial charge in [0.25, 0.3) is 0 Å². The summed E-state index contributed by atoms with van der Waals surface area (Å²) in [6.45, 7) is 3.73. The zero-order valence-electron chi connectivity index (χ0n) is 15.9. The summed E-state index contributed by atoms with van der Waals surface area (Å²) in [5, 5.41) is 6.31. The van der Waals surface area contributed by atoms with E-state index in [2.05, 4.69) is 20.5 Å². The lowest BCUT2D eigenvalue weighted by Gasteiger charge is -2.29. The molecule has 0 spiro atoms. The lowest BCUT2D eigenvalue weighted by atomic mass is 10.1. The highest BCUT2D eigenvalue weighted by Gasteiger charge is 2.33. The fourth-order valence-corrected chi connectivity index (χ4v) is 3.46. The van der Waals surface area contributed by atoms with Gasteiger partial charge in [-0.25, -0.2) is 4.98 Å². The van der Waals surface area contributed by atoms with Crippen LogP contribution in [0.25, 0.3) is 10.9 Å². The fraction of sp³-hybridized carbons (Fsp3) is 0.286. The third-order valence-electron chi connectivity index (χ3n) is 4.94. The van der Waals surface area contributed by atoms with Crippen LogP contribution in [0.15, 0.2) is 48.5 Å². The number of aromatic nitrogens is 1. The molecule has 0 radical (unpaired) electrons. The SMILES string of the molecule is COc1ccc2nc(Nc3ccc(N4CCNCC4)cc3)cc(C(F)(F)F)c2c1. The van der Waals surface area contributed by atoms with E-state index in [4.69, 9.17) is 4.74 Å². The Bertz CT molecular complexity index is 999. The first-order chi connectivity index (χ1) is 13.9. The van der Waals surface area contributed by atoms with E-state index in [-0.39, 0.29) is 16.7 Å². The number of alkyl halides is 3. The molecule has 1 fully saturated rings. The largest absolute Gasteiger partial charge is 0.497 e. The molecule has 0 atom stereocenters. The number of hydrogen-bond donors (Lipinski definition) is 2. The molecule has 0 amide bonds. The number of halogens is 3. The predicted molar refractivity (Wildman–Crippen MR) is 108 cm³/mol. The second-order valence-corrected chi connectivity index (χ2v) is 6.84. The molecule has 1 aliphatic rings. The van der Waals surface area contributed by atoms with Crippen LogP contribution in [0.5, 0.6) is 5.75 Å². The minimum absolute atomic E-state index is 0.0106. The Morgan fingerprint density at radius 3 is 2.41 bits per heavy atom. The van der Waals surface area contributed by atoms with Crippen LogP contribution in [0.4, 0.5) is 30.4 Å². The van der Waals surface area contributed by atoms with Crippen molar-refractivity contribution >= 4 is 28.1 Å². The van der Waals surface area contributed by atoms with Crippen LogP contribution in [0.2, 0.25) is 0 Å². The maximum atomic E-state index is 13.6. The summed E-state index contributed by atoms with van der Waals surface area (Å²) in [4.78, 5) is 6.61. The zero-order chi connectivity index (χ0) is 20.4. The van der Waals surface area contributed by atoms with E-state index in [1.54, 1.807) is 6.07 Å². The Kier molecular flexibility index (Phi) is 5.19. The van der Waals surface area contributed by atoms with Crippen molar-refractivity contribution in [1.82, 2.24) is 10.3 Å². The van der Waals surface area contributed by atoms with E-state index < -0.39 is 11.7 Å². The van der Waals surface area contributed by atoms with Gasteiger partial charge in [0.2, 0.25) is 0 Å². The normalized spacial score (nSPS) is 14.8. The smallest absolute Gasteiger partial charge is 0.417 e. The summed E-state index contributed by atoms with van der Waals surface area (Å²) < 4.78 is 45.9. The highest BCUT2D eigenvalue weighted by molar-refractivity contribution is 5.86. The maximum absolute atomic E-state index is 13.6. The average molecular weight is 402 g/mol. The third kappa shape index (κ3) is 4.22. The number of fused-ring (bicyclic) bond motifs is 1. The van der Waals surface area contributed by atoms with E-state index in [1.807, 2.05) is 24.3 Å². The lowest BCUT2D eigenvalue weighted by molar-refractivity contribution is -0.136. The molecule has 2 heterocycles. The molecule has 152 valence electrons. The van der Waals surface area contributed by atoms with Crippen LogP contribution in [-0.4, -0.2) is 38.3 Å². The first-order valence-electron chi connectivity index (χ1n) is 9.33. The number of nitrogens with zero attached hydrogens (tertiary/aromatic N) is 2. The molecule has 2 aromatic carbocycles. The van der Waals surface area contributed by atoms with Gasteiger partial charge in [0.1, 0.15) is 11.6 Å². The summed E-state index contributed by atoms with van der Waals surface area (Å²) in [6, 6.07) is 13.1. The topological polar surface area (TPSA) is 49.4 Å².